The standard InChI is InChI=1S/C11H20/c1-4-9-5-10-7(2)8(3)11(10)6-9/h7-11H,4-6H2,1-3H3. The van der Waals surface area contributed by atoms with E-state index in [1.165, 1.54) is 6.42 Å². The van der Waals surface area contributed by atoms with Gasteiger partial charge in [0.1, 0.15) is 0 Å². The number of hydrogen-bond acceptors (Lipinski definition) is 0. The third-order valence-electron chi connectivity index (χ3n) is 4.52. The van der Waals surface area contributed by atoms with E-state index in [1.54, 1.807) is 12.8 Å². The van der Waals surface area contributed by atoms with Crippen molar-refractivity contribution in [2.24, 2.45) is 29.6 Å². The molecule has 0 radical (unpaired) electrons. The first-order valence-corrected chi connectivity index (χ1v) is 5.24. The molecule has 0 saturated heterocycles. The van der Waals surface area contributed by atoms with Gasteiger partial charge in [-0.3, -0.25) is 0 Å². The van der Waals surface area contributed by atoms with Crippen molar-refractivity contribution in [3.05, 3.63) is 0 Å². The van der Waals surface area contributed by atoms with Gasteiger partial charge >= 0.3 is 0 Å². The monoisotopic (exact) mass is 152 g/mol. The molecule has 2 saturated carbocycles. The van der Waals surface area contributed by atoms with Crippen LogP contribution in [0.25, 0.3) is 0 Å². The van der Waals surface area contributed by atoms with Crippen LogP contribution in [0.3, 0.4) is 0 Å². The van der Waals surface area contributed by atoms with Crippen LogP contribution in [-0.2, 0) is 0 Å². The maximum Gasteiger partial charge on any atom is -0.0352 e. The molecule has 0 N–H and O–H groups in total. The molecule has 0 aliphatic heterocycles. The van der Waals surface area contributed by atoms with E-state index in [-0.39, 0.29) is 0 Å². The van der Waals surface area contributed by atoms with Crippen molar-refractivity contribution in [2.45, 2.75) is 40.0 Å². The number of fused-ring (bicyclic) bond motifs is 1. The van der Waals surface area contributed by atoms with Gasteiger partial charge in [-0.25, -0.2) is 0 Å². The van der Waals surface area contributed by atoms with Crippen molar-refractivity contribution in [1.82, 2.24) is 0 Å². The fourth-order valence-corrected chi connectivity index (χ4v) is 3.39. The first-order chi connectivity index (χ1) is 5.24. The molecule has 2 aliphatic rings. The van der Waals surface area contributed by atoms with E-state index in [9.17, 15) is 0 Å². The summed E-state index contributed by atoms with van der Waals surface area (Å²) in [5, 5.41) is 0. The lowest BCUT2D eigenvalue weighted by Crippen LogP contribution is -2.39. The predicted octanol–water partition coefficient (Wildman–Crippen LogP) is 3.32. The first kappa shape index (κ1) is 7.64. The Morgan fingerprint density at radius 3 is 1.82 bits per heavy atom. The van der Waals surface area contributed by atoms with Crippen molar-refractivity contribution in [3.8, 4) is 0 Å². The molecule has 0 spiro atoms. The van der Waals surface area contributed by atoms with Crippen molar-refractivity contribution in [2.75, 3.05) is 0 Å². The third-order valence-corrected chi connectivity index (χ3v) is 4.52. The summed E-state index contributed by atoms with van der Waals surface area (Å²) >= 11 is 0. The fourth-order valence-electron chi connectivity index (χ4n) is 3.39. The van der Waals surface area contributed by atoms with Gasteiger partial charge in [-0.15, -0.1) is 0 Å². The zero-order valence-corrected chi connectivity index (χ0v) is 8.01. The lowest BCUT2D eigenvalue weighted by molar-refractivity contribution is 0.0302. The van der Waals surface area contributed by atoms with Gasteiger partial charge in [0.15, 0.2) is 0 Å². The minimum Gasteiger partial charge on any atom is -0.0651 e. The van der Waals surface area contributed by atoms with Gasteiger partial charge in [-0.1, -0.05) is 27.2 Å². The van der Waals surface area contributed by atoms with Gasteiger partial charge in [0.25, 0.3) is 0 Å². The minimum absolute atomic E-state index is 1.04. The van der Waals surface area contributed by atoms with Gasteiger partial charge in [0, 0.05) is 0 Å². The second kappa shape index (κ2) is 2.50. The van der Waals surface area contributed by atoms with Crippen LogP contribution in [0.4, 0.5) is 0 Å². The Kier molecular flexibility index (Phi) is 1.74. The molecule has 0 bridgehead atoms. The lowest BCUT2D eigenvalue weighted by Gasteiger charge is -2.45. The fraction of sp³-hybridized carbons (Fsp3) is 1.00. The predicted molar refractivity (Wildman–Crippen MR) is 48.3 cm³/mol. The van der Waals surface area contributed by atoms with E-state index >= 15 is 0 Å². The SMILES string of the molecule is CCC1CC2C(C)C(C)C2C1. The maximum absolute atomic E-state index is 2.45. The second-order valence-corrected chi connectivity index (χ2v) is 4.79. The topological polar surface area (TPSA) is 0 Å². The second-order valence-electron chi connectivity index (χ2n) is 4.79. The first-order valence-electron chi connectivity index (χ1n) is 5.24. The van der Waals surface area contributed by atoms with E-state index < -0.39 is 0 Å². The molecular weight excluding hydrogens is 132 g/mol. The highest BCUT2D eigenvalue weighted by atomic mass is 14.5. The van der Waals surface area contributed by atoms with Gasteiger partial charge in [-0.2, -0.15) is 0 Å². The summed E-state index contributed by atoms with van der Waals surface area (Å²) in [6.45, 7) is 7.25. The summed E-state index contributed by atoms with van der Waals surface area (Å²) in [6, 6.07) is 0. The van der Waals surface area contributed by atoms with Gasteiger partial charge in [-0.05, 0) is 42.4 Å². The average Bonchev–Trinajstić information content (AvgIpc) is 2.43. The molecule has 0 heteroatoms. The lowest BCUT2D eigenvalue weighted by atomic mass is 9.60. The van der Waals surface area contributed by atoms with Gasteiger partial charge < -0.3 is 0 Å². The van der Waals surface area contributed by atoms with Gasteiger partial charge in [0.2, 0.25) is 0 Å². The largest absolute Gasteiger partial charge is 0.0651 e. The Labute approximate surface area is 70.4 Å². The molecule has 2 rings (SSSR count). The summed E-state index contributed by atoms with van der Waals surface area (Å²) in [5.74, 6) is 5.40. The highest BCUT2D eigenvalue weighted by molar-refractivity contribution is 4.98. The number of rotatable bonds is 1. The molecule has 0 amide bonds. The van der Waals surface area contributed by atoms with Crippen LogP contribution in [0.5, 0.6) is 0 Å². The zero-order valence-electron chi connectivity index (χ0n) is 8.01. The Morgan fingerprint density at radius 2 is 1.45 bits per heavy atom. The van der Waals surface area contributed by atoms with E-state index in [0.29, 0.717) is 0 Å². The molecule has 11 heavy (non-hydrogen) atoms. The molecule has 2 aliphatic carbocycles. The molecule has 4 unspecified atom stereocenters. The van der Waals surface area contributed by atoms with Crippen LogP contribution < -0.4 is 0 Å². The van der Waals surface area contributed by atoms with Crippen molar-refractivity contribution in [3.63, 3.8) is 0 Å². The zero-order chi connectivity index (χ0) is 8.01. The third kappa shape index (κ3) is 0.947. The normalized spacial score (nSPS) is 55.4. The Morgan fingerprint density at radius 1 is 1.00 bits per heavy atom. The molecule has 0 aromatic rings. The summed E-state index contributed by atoms with van der Waals surface area (Å²) < 4.78 is 0. The summed E-state index contributed by atoms with van der Waals surface area (Å²) in [6.07, 6.45) is 4.52. The molecule has 0 heterocycles. The average molecular weight is 152 g/mol. The molecule has 64 valence electrons. The highest BCUT2D eigenvalue weighted by Crippen LogP contribution is 2.57. The van der Waals surface area contributed by atoms with Crippen LogP contribution in [0.15, 0.2) is 0 Å². The van der Waals surface area contributed by atoms with Crippen LogP contribution in [0, 0.1) is 29.6 Å². The van der Waals surface area contributed by atoms with Crippen LogP contribution in [-0.4, -0.2) is 0 Å². The van der Waals surface area contributed by atoms with Gasteiger partial charge in [0.05, 0.1) is 0 Å². The van der Waals surface area contributed by atoms with Crippen molar-refractivity contribution < 1.29 is 0 Å². The quantitative estimate of drug-likeness (QED) is 0.540. The molecular formula is C11H20. The number of hydrogen-bond donors (Lipinski definition) is 0. The molecule has 0 aromatic heterocycles. The summed E-state index contributed by atoms with van der Waals surface area (Å²) in [4.78, 5) is 0. The van der Waals surface area contributed by atoms with Crippen molar-refractivity contribution in [1.29, 1.82) is 0 Å². The van der Waals surface area contributed by atoms with Crippen LogP contribution >= 0.6 is 0 Å². The minimum atomic E-state index is 1.04. The van der Waals surface area contributed by atoms with E-state index in [0.717, 1.165) is 29.6 Å². The van der Waals surface area contributed by atoms with E-state index in [1.807, 2.05) is 0 Å². The molecule has 4 atom stereocenters. The van der Waals surface area contributed by atoms with E-state index in [4.69, 9.17) is 0 Å². The molecule has 0 nitrogen and oxygen atoms in total. The van der Waals surface area contributed by atoms with Crippen LogP contribution in [0.2, 0.25) is 0 Å². The summed E-state index contributed by atoms with van der Waals surface area (Å²) in [7, 11) is 0. The Hall–Kier alpha value is 0. The maximum atomic E-state index is 2.45. The Balaban J connectivity index is 1.98. The highest BCUT2D eigenvalue weighted by Gasteiger charge is 2.49. The van der Waals surface area contributed by atoms with Crippen molar-refractivity contribution >= 4 is 0 Å². The smallest absolute Gasteiger partial charge is 0.0352 e. The Bertz CT molecular complexity index is 134. The molecule has 0 aromatic carbocycles. The molecule has 2 fully saturated rings. The van der Waals surface area contributed by atoms with Crippen LogP contribution in [0.1, 0.15) is 40.0 Å². The summed E-state index contributed by atoms with van der Waals surface area (Å²) in [5.41, 5.74) is 0. The van der Waals surface area contributed by atoms with E-state index in [2.05, 4.69) is 20.8 Å².